The monoisotopic (exact) mass is 204 g/mol. The predicted molar refractivity (Wildman–Crippen MR) is 63.9 cm³/mol. The smallest absolute Gasteiger partial charge is 0.0405 e. The molecule has 1 N–H and O–H groups in total. The maximum absolute atomic E-state index is 3.32. The Morgan fingerprint density at radius 3 is 2.27 bits per heavy atom. The van der Waals surface area contributed by atoms with Crippen LogP contribution >= 0.6 is 0 Å². The molecule has 0 spiro atoms. The lowest BCUT2D eigenvalue weighted by Gasteiger charge is -2.45. The summed E-state index contributed by atoms with van der Waals surface area (Å²) < 4.78 is 0. The van der Waals surface area contributed by atoms with E-state index in [0.717, 1.165) is 13.1 Å². The second-order valence-electron chi connectivity index (χ2n) is 4.85. The first-order chi connectivity index (χ1) is 7.12. The first kappa shape index (κ1) is 10.7. The SMILES string of the molecule is CN(C1CNC1)C(C)(C)c1ccccc1. The summed E-state index contributed by atoms with van der Waals surface area (Å²) in [5.74, 6) is 0. The van der Waals surface area contributed by atoms with Gasteiger partial charge in [0.15, 0.2) is 0 Å². The minimum atomic E-state index is 0.119. The van der Waals surface area contributed by atoms with Crippen LogP contribution in [0.25, 0.3) is 0 Å². The van der Waals surface area contributed by atoms with Crippen LogP contribution in [0, 0.1) is 0 Å². The van der Waals surface area contributed by atoms with E-state index >= 15 is 0 Å². The Morgan fingerprint density at radius 2 is 1.80 bits per heavy atom. The van der Waals surface area contributed by atoms with E-state index in [1.165, 1.54) is 5.56 Å². The summed E-state index contributed by atoms with van der Waals surface area (Å²) in [7, 11) is 2.22. The van der Waals surface area contributed by atoms with Gasteiger partial charge in [-0.1, -0.05) is 30.3 Å². The van der Waals surface area contributed by atoms with Crippen molar-refractivity contribution in [2.45, 2.75) is 25.4 Å². The third-order valence-corrected chi connectivity index (χ3v) is 3.67. The highest BCUT2D eigenvalue weighted by Crippen LogP contribution is 2.28. The molecule has 1 aromatic rings. The van der Waals surface area contributed by atoms with Gasteiger partial charge in [0.1, 0.15) is 0 Å². The van der Waals surface area contributed by atoms with Gasteiger partial charge in [0.05, 0.1) is 0 Å². The summed E-state index contributed by atoms with van der Waals surface area (Å²) in [4.78, 5) is 2.47. The Labute approximate surface area is 92.3 Å². The lowest BCUT2D eigenvalue weighted by Crippen LogP contribution is -2.60. The van der Waals surface area contributed by atoms with Crippen molar-refractivity contribution < 1.29 is 0 Å². The molecule has 1 heterocycles. The third-order valence-electron chi connectivity index (χ3n) is 3.67. The molecule has 15 heavy (non-hydrogen) atoms. The van der Waals surface area contributed by atoms with Crippen molar-refractivity contribution >= 4 is 0 Å². The van der Waals surface area contributed by atoms with Crippen LogP contribution in [0.5, 0.6) is 0 Å². The average Bonchev–Trinajstić information content (AvgIpc) is 2.16. The van der Waals surface area contributed by atoms with E-state index in [-0.39, 0.29) is 5.54 Å². The first-order valence-corrected chi connectivity index (χ1v) is 5.61. The summed E-state index contributed by atoms with van der Waals surface area (Å²) in [5.41, 5.74) is 1.51. The highest BCUT2D eigenvalue weighted by atomic mass is 15.3. The molecule has 2 heteroatoms. The molecule has 1 aliphatic heterocycles. The van der Waals surface area contributed by atoms with Gasteiger partial charge in [0.2, 0.25) is 0 Å². The van der Waals surface area contributed by atoms with Gasteiger partial charge in [-0.3, -0.25) is 4.90 Å². The Kier molecular flexibility index (Phi) is 2.81. The van der Waals surface area contributed by atoms with Crippen molar-refractivity contribution in [1.82, 2.24) is 10.2 Å². The number of hydrogen-bond acceptors (Lipinski definition) is 2. The molecule has 0 saturated carbocycles. The molecule has 0 bridgehead atoms. The molecule has 1 aliphatic rings. The molecule has 2 nitrogen and oxygen atoms in total. The largest absolute Gasteiger partial charge is 0.314 e. The van der Waals surface area contributed by atoms with Crippen molar-refractivity contribution in [2.24, 2.45) is 0 Å². The quantitative estimate of drug-likeness (QED) is 0.808. The average molecular weight is 204 g/mol. The number of rotatable bonds is 3. The second kappa shape index (κ2) is 3.95. The maximum atomic E-state index is 3.32. The van der Waals surface area contributed by atoms with Crippen molar-refractivity contribution in [2.75, 3.05) is 20.1 Å². The standard InChI is InChI=1S/C13H20N2/c1-13(2,11-7-5-4-6-8-11)15(3)12-9-14-10-12/h4-8,12,14H,9-10H2,1-3H3. The van der Waals surface area contributed by atoms with Crippen LogP contribution in [0.3, 0.4) is 0 Å². The van der Waals surface area contributed by atoms with Crippen LogP contribution in [0.15, 0.2) is 30.3 Å². The highest BCUT2D eigenvalue weighted by Gasteiger charge is 2.33. The summed E-state index contributed by atoms with van der Waals surface area (Å²) >= 11 is 0. The molecule has 1 aromatic carbocycles. The lowest BCUT2D eigenvalue weighted by atomic mass is 9.90. The van der Waals surface area contributed by atoms with E-state index in [0.29, 0.717) is 6.04 Å². The van der Waals surface area contributed by atoms with E-state index in [1.54, 1.807) is 0 Å². The normalized spacial score (nSPS) is 17.9. The fourth-order valence-corrected chi connectivity index (χ4v) is 2.05. The van der Waals surface area contributed by atoms with Crippen LogP contribution in [0.4, 0.5) is 0 Å². The molecule has 1 fully saturated rings. The fourth-order valence-electron chi connectivity index (χ4n) is 2.05. The highest BCUT2D eigenvalue weighted by molar-refractivity contribution is 5.23. The minimum Gasteiger partial charge on any atom is -0.314 e. The van der Waals surface area contributed by atoms with Gasteiger partial charge in [-0.2, -0.15) is 0 Å². The molecule has 1 saturated heterocycles. The maximum Gasteiger partial charge on any atom is 0.0405 e. The van der Waals surface area contributed by atoms with E-state index < -0.39 is 0 Å². The molecule has 2 rings (SSSR count). The second-order valence-corrected chi connectivity index (χ2v) is 4.85. The number of nitrogens with zero attached hydrogens (tertiary/aromatic N) is 1. The topological polar surface area (TPSA) is 15.3 Å². The molecule has 0 atom stereocenters. The van der Waals surface area contributed by atoms with E-state index in [4.69, 9.17) is 0 Å². The zero-order chi connectivity index (χ0) is 10.9. The van der Waals surface area contributed by atoms with Crippen molar-refractivity contribution in [1.29, 1.82) is 0 Å². The molecule has 0 amide bonds. The number of likely N-dealkylation sites (N-methyl/N-ethyl adjacent to an activating group) is 1. The zero-order valence-corrected chi connectivity index (χ0v) is 9.83. The Bertz CT molecular complexity index is 315. The summed E-state index contributed by atoms with van der Waals surface area (Å²) in [6, 6.07) is 11.4. The van der Waals surface area contributed by atoms with E-state index in [9.17, 15) is 0 Å². The lowest BCUT2D eigenvalue weighted by molar-refractivity contribution is 0.0685. The van der Waals surface area contributed by atoms with Crippen LogP contribution in [0.2, 0.25) is 0 Å². The summed E-state index contributed by atoms with van der Waals surface area (Å²) in [6.45, 7) is 6.82. The van der Waals surface area contributed by atoms with Crippen molar-refractivity contribution in [3.8, 4) is 0 Å². The molecular formula is C13H20N2. The zero-order valence-electron chi connectivity index (χ0n) is 9.83. The van der Waals surface area contributed by atoms with Crippen LogP contribution < -0.4 is 5.32 Å². The molecule has 0 aliphatic carbocycles. The number of hydrogen-bond donors (Lipinski definition) is 1. The van der Waals surface area contributed by atoms with Gasteiger partial charge in [-0.25, -0.2) is 0 Å². The summed E-state index contributed by atoms with van der Waals surface area (Å²) in [5, 5.41) is 3.32. The predicted octanol–water partition coefficient (Wildman–Crippen LogP) is 1.83. The van der Waals surface area contributed by atoms with Crippen LogP contribution in [0.1, 0.15) is 19.4 Å². The van der Waals surface area contributed by atoms with Gasteiger partial charge >= 0.3 is 0 Å². The molecule has 0 unspecified atom stereocenters. The Balaban J connectivity index is 2.18. The third kappa shape index (κ3) is 1.92. The van der Waals surface area contributed by atoms with E-state index in [2.05, 4.69) is 61.4 Å². The first-order valence-electron chi connectivity index (χ1n) is 5.61. The van der Waals surface area contributed by atoms with Gasteiger partial charge in [-0.05, 0) is 26.5 Å². The minimum absolute atomic E-state index is 0.119. The van der Waals surface area contributed by atoms with Gasteiger partial charge in [0.25, 0.3) is 0 Å². The number of benzene rings is 1. The van der Waals surface area contributed by atoms with Crippen molar-refractivity contribution in [3.63, 3.8) is 0 Å². The Hall–Kier alpha value is -0.860. The fraction of sp³-hybridized carbons (Fsp3) is 0.538. The van der Waals surface area contributed by atoms with Gasteiger partial charge in [-0.15, -0.1) is 0 Å². The molecule has 0 radical (unpaired) electrons. The number of nitrogens with one attached hydrogen (secondary N) is 1. The Morgan fingerprint density at radius 1 is 1.20 bits per heavy atom. The van der Waals surface area contributed by atoms with Gasteiger partial charge in [0, 0.05) is 24.7 Å². The summed E-state index contributed by atoms with van der Waals surface area (Å²) in [6.07, 6.45) is 0. The molecular weight excluding hydrogens is 184 g/mol. The van der Waals surface area contributed by atoms with Crippen LogP contribution in [-0.2, 0) is 5.54 Å². The molecule has 82 valence electrons. The molecule has 0 aromatic heterocycles. The van der Waals surface area contributed by atoms with E-state index in [1.807, 2.05) is 0 Å². The van der Waals surface area contributed by atoms with Crippen LogP contribution in [-0.4, -0.2) is 31.1 Å². The van der Waals surface area contributed by atoms with Crippen molar-refractivity contribution in [3.05, 3.63) is 35.9 Å². The van der Waals surface area contributed by atoms with Gasteiger partial charge < -0.3 is 5.32 Å².